The molecule has 0 spiro atoms. The van der Waals surface area contributed by atoms with Crippen LogP contribution in [0.1, 0.15) is 19.3 Å². The molecule has 1 rings (SSSR count). The third-order valence-corrected chi connectivity index (χ3v) is 2.29. The highest BCUT2D eigenvalue weighted by Gasteiger charge is 2.21. The first-order valence-electron chi connectivity index (χ1n) is 4.80. The predicted molar refractivity (Wildman–Crippen MR) is 52.9 cm³/mol. The van der Waals surface area contributed by atoms with E-state index < -0.39 is 0 Å². The highest BCUT2D eigenvalue weighted by molar-refractivity contribution is 5.90. The topological polar surface area (TPSA) is 64.6 Å². The number of hydrogen-bond acceptors (Lipinski definition) is 5. The van der Waals surface area contributed by atoms with Crippen molar-refractivity contribution >= 4 is 11.9 Å². The van der Waals surface area contributed by atoms with Gasteiger partial charge in [-0.3, -0.25) is 4.79 Å². The van der Waals surface area contributed by atoms with Gasteiger partial charge in [0.25, 0.3) is 0 Å². The Bertz CT molecular complexity index is 296. The van der Waals surface area contributed by atoms with Gasteiger partial charge in [0.15, 0.2) is 0 Å². The summed E-state index contributed by atoms with van der Waals surface area (Å²) in [6, 6.07) is 0. The van der Waals surface area contributed by atoms with Crippen LogP contribution in [0.3, 0.4) is 0 Å². The molecule has 0 saturated carbocycles. The van der Waals surface area contributed by atoms with Crippen molar-refractivity contribution in [1.29, 1.82) is 0 Å². The minimum absolute atomic E-state index is 0.0981. The van der Waals surface area contributed by atoms with Crippen molar-refractivity contribution in [3.8, 4) is 0 Å². The molecule has 0 unspecified atom stereocenters. The second kappa shape index (κ2) is 5.38. The molecule has 5 nitrogen and oxygen atoms in total. The van der Waals surface area contributed by atoms with E-state index in [2.05, 4.69) is 14.8 Å². The number of nitrogens with one attached hydrogen (secondary N) is 1. The number of rotatable bonds is 3. The zero-order valence-corrected chi connectivity index (χ0v) is 8.96. The minimum Gasteiger partial charge on any atom is -0.469 e. The Morgan fingerprint density at radius 3 is 2.67 bits per heavy atom. The van der Waals surface area contributed by atoms with E-state index in [9.17, 15) is 9.59 Å². The molecule has 0 saturated heterocycles. The zero-order valence-electron chi connectivity index (χ0n) is 8.96. The third kappa shape index (κ3) is 2.97. The first-order chi connectivity index (χ1) is 7.19. The van der Waals surface area contributed by atoms with Gasteiger partial charge in [-0.2, -0.15) is 0 Å². The molecule has 0 bridgehead atoms. The first kappa shape index (κ1) is 11.6. The number of methoxy groups -OCH3 is 2. The monoisotopic (exact) mass is 213 g/mol. The molecule has 0 aromatic heterocycles. The minimum atomic E-state index is -0.374. The molecule has 5 heteroatoms. The molecule has 1 N–H and O–H groups in total. The average Bonchev–Trinajstić information content (AvgIpc) is 2.28. The van der Waals surface area contributed by atoms with Gasteiger partial charge in [0.05, 0.1) is 26.2 Å². The fourth-order valence-electron chi connectivity index (χ4n) is 1.50. The van der Waals surface area contributed by atoms with E-state index in [0.29, 0.717) is 17.7 Å². The summed E-state index contributed by atoms with van der Waals surface area (Å²) in [5.41, 5.74) is 1.18. The molecular formula is C10H15NO4. The molecule has 15 heavy (non-hydrogen) atoms. The van der Waals surface area contributed by atoms with E-state index in [0.717, 1.165) is 13.0 Å². The summed E-state index contributed by atoms with van der Waals surface area (Å²) < 4.78 is 9.20. The summed E-state index contributed by atoms with van der Waals surface area (Å²) in [5.74, 6) is -0.734. The molecule has 0 amide bonds. The Morgan fingerprint density at radius 2 is 2.07 bits per heavy atom. The van der Waals surface area contributed by atoms with Crippen molar-refractivity contribution in [1.82, 2.24) is 5.32 Å². The maximum Gasteiger partial charge on any atom is 0.335 e. The molecule has 1 heterocycles. The van der Waals surface area contributed by atoms with E-state index in [1.165, 1.54) is 14.2 Å². The molecule has 0 atom stereocenters. The average molecular weight is 213 g/mol. The van der Waals surface area contributed by atoms with Gasteiger partial charge in [0.1, 0.15) is 0 Å². The van der Waals surface area contributed by atoms with Gasteiger partial charge < -0.3 is 14.8 Å². The van der Waals surface area contributed by atoms with Gasteiger partial charge in [0, 0.05) is 12.2 Å². The molecule has 0 aliphatic carbocycles. The van der Waals surface area contributed by atoms with Crippen LogP contribution in [0.25, 0.3) is 0 Å². The number of ether oxygens (including phenoxy) is 2. The van der Waals surface area contributed by atoms with Crippen molar-refractivity contribution in [2.24, 2.45) is 0 Å². The van der Waals surface area contributed by atoms with Gasteiger partial charge in [-0.25, -0.2) is 4.79 Å². The van der Waals surface area contributed by atoms with Crippen LogP contribution >= 0.6 is 0 Å². The Balaban J connectivity index is 2.81. The third-order valence-electron chi connectivity index (χ3n) is 2.29. The SMILES string of the molecule is COC(=O)CC1=C(C(=O)OC)CCCN1. The summed E-state index contributed by atoms with van der Waals surface area (Å²) in [5, 5.41) is 3.03. The van der Waals surface area contributed by atoms with Crippen molar-refractivity contribution in [2.45, 2.75) is 19.3 Å². The quantitative estimate of drug-likeness (QED) is 0.686. The molecule has 0 fully saturated rings. The highest BCUT2D eigenvalue weighted by atomic mass is 16.5. The Kier molecular flexibility index (Phi) is 4.15. The van der Waals surface area contributed by atoms with Crippen LogP contribution in [0.2, 0.25) is 0 Å². The van der Waals surface area contributed by atoms with Crippen LogP contribution in [0.4, 0.5) is 0 Å². The lowest BCUT2D eigenvalue weighted by atomic mass is 10.0. The van der Waals surface area contributed by atoms with Crippen molar-refractivity contribution < 1.29 is 19.1 Å². The van der Waals surface area contributed by atoms with Crippen LogP contribution in [-0.2, 0) is 19.1 Å². The Labute approximate surface area is 88.4 Å². The van der Waals surface area contributed by atoms with E-state index >= 15 is 0 Å². The maximum atomic E-state index is 11.4. The van der Waals surface area contributed by atoms with Crippen LogP contribution in [0, 0.1) is 0 Å². The number of esters is 2. The number of carbonyl (C=O) groups excluding carboxylic acids is 2. The second-order valence-corrected chi connectivity index (χ2v) is 3.23. The lowest BCUT2D eigenvalue weighted by Gasteiger charge is -2.19. The highest BCUT2D eigenvalue weighted by Crippen LogP contribution is 2.18. The van der Waals surface area contributed by atoms with Crippen molar-refractivity contribution in [3.05, 3.63) is 11.3 Å². The molecule has 0 aromatic rings. The largest absolute Gasteiger partial charge is 0.469 e. The lowest BCUT2D eigenvalue weighted by molar-refractivity contribution is -0.139. The lowest BCUT2D eigenvalue weighted by Crippen LogP contribution is -2.27. The maximum absolute atomic E-state index is 11.4. The summed E-state index contributed by atoms with van der Waals surface area (Å²) in [4.78, 5) is 22.5. The number of carbonyl (C=O) groups is 2. The van der Waals surface area contributed by atoms with Crippen LogP contribution in [0.15, 0.2) is 11.3 Å². The van der Waals surface area contributed by atoms with Gasteiger partial charge in [-0.1, -0.05) is 0 Å². The standard InChI is InChI=1S/C10H15NO4/c1-14-9(12)6-8-7(10(13)15-2)4-3-5-11-8/h11H,3-6H2,1-2H3. The van der Waals surface area contributed by atoms with Gasteiger partial charge in [-0.15, -0.1) is 0 Å². The fourth-order valence-corrected chi connectivity index (χ4v) is 1.50. The molecule has 1 aliphatic rings. The van der Waals surface area contributed by atoms with Gasteiger partial charge in [0.2, 0.25) is 0 Å². The summed E-state index contributed by atoms with van der Waals surface area (Å²) in [6.45, 7) is 0.771. The summed E-state index contributed by atoms with van der Waals surface area (Å²) in [6.07, 6.45) is 1.61. The predicted octanol–water partition coefficient (Wildman–Crippen LogP) is 0.360. The normalized spacial score (nSPS) is 15.6. The Hall–Kier alpha value is -1.52. The molecular weight excluding hydrogens is 198 g/mol. The number of hydrogen-bond donors (Lipinski definition) is 1. The molecule has 0 aromatic carbocycles. The van der Waals surface area contributed by atoms with Crippen LogP contribution in [0.5, 0.6) is 0 Å². The van der Waals surface area contributed by atoms with E-state index in [4.69, 9.17) is 0 Å². The fraction of sp³-hybridized carbons (Fsp3) is 0.600. The van der Waals surface area contributed by atoms with Crippen molar-refractivity contribution in [3.63, 3.8) is 0 Å². The van der Waals surface area contributed by atoms with E-state index in [-0.39, 0.29) is 18.4 Å². The van der Waals surface area contributed by atoms with Crippen LogP contribution in [-0.4, -0.2) is 32.7 Å². The Morgan fingerprint density at radius 1 is 1.33 bits per heavy atom. The molecule has 1 aliphatic heterocycles. The van der Waals surface area contributed by atoms with Gasteiger partial charge in [-0.05, 0) is 12.8 Å². The molecule has 0 radical (unpaired) electrons. The van der Waals surface area contributed by atoms with Gasteiger partial charge >= 0.3 is 11.9 Å². The van der Waals surface area contributed by atoms with E-state index in [1.54, 1.807) is 0 Å². The first-order valence-corrected chi connectivity index (χ1v) is 4.80. The zero-order chi connectivity index (χ0) is 11.3. The van der Waals surface area contributed by atoms with E-state index in [1.807, 2.05) is 0 Å². The summed E-state index contributed by atoms with van der Waals surface area (Å²) >= 11 is 0. The van der Waals surface area contributed by atoms with Crippen LogP contribution < -0.4 is 5.32 Å². The molecule has 84 valence electrons. The summed E-state index contributed by atoms with van der Waals surface area (Å²) in [7, 11) is 2.66. The smallest absolute Gasteiger partial charge is 0.335 e. The second-order valence-electron chi connectivity index (χ2n) is 3.23. The van der Waals surface area contributed by atoms with Crippen molar-refractivity contribution in [2.75, 3.05) is 20.8 Å².